The average molecular weight is 268 g/mol. The molecule has 0 saturated heterocycles. The van der Waals surface area contributed by atoms with Crippen LogP contribution in [0.4, 0.5) is 0 Å². The number of aliphatic hydroxyl groups excluding tert-OH is 1. The Hall–Kier alpha value is -1.79. The zero-order valence-electron chi connectivity index (χ0n) is 11.4. The summed E-state index contributed by atoms with van der Waals surface area (Å²) in [7, 11) is 1.51. The van der Waals surface area contributed by atoms with E-state index < -0.39 is 5.41 Å². The normalized spacial score (nSPS) is 11.0. The van der Waals surface area contributed by atoms with Crippen LogP contribution in [0.3, 0.4) is 0 Å². The predicted molar refractivity (Wildman–Crippen MR) is 70.5 cm³/mol. The number of rotatable bonds is 6. The molecule has 0 aliphatic heterocycles. The molecule has 0 fully saturated rings. The van der Waals surface area contributed by atoms with E-state index in [2.05, 4.69) is 5.43 Å². The monoisotopic (exact) mass is 268 g/mol. The van der Waals surface area contributed by atoms with Crippen LogP contribution in [-0.4, -0.2) is 24.7 Å². The molecule has 1 rings (SSSR count). The predicted octanol–water partition coefficient (Wildman–Crippen LogP) is 0.582. The maximum atomic E-state index is 11.5. The SMILES string of the molecule is COc1cc(CO)ccc1OCC(C)(C)C(=O)NN. The summed E-state index contributed by atoms with van der Waals surface area (Å²) >= 11 is 0. The number of hydrogen-bond acceptors (Lipinski definition) is 5. The van der Waals surface area contributed by atoms with E-state index in [9.17, 15) is 4.79 Å². The fourth-order valence-electron chi connectivity index (χ4n) is 1.45. The first-order valence-corrected chi connectivity index (χ1v) is 5.86. The number of hydrazine groups is 1. The van der Waals surface area contributed by atoms with Crippen molar-refractivity contribution >= 4 is 5.91 Å². The van der Waals surface area contributed by atoms with Crippen LogP contribution in [0.1, 0.15) is 19.4 Å². The van der Waals surface area contributed by atoms with Crippen molar-refractivity contribution in [2.75, 3.05) is 13.7 Å². The topological polar surface area (TPSA) is 93.8 Å². The molecule has 0 heterocycles. The molecule has 0 radical (unpaired) electrons. The largest absolute Gasteiger partial charge is 0.493 e. The molecule has 0 saturated carbocycles. The van der Waals surface area contributed by atoms with Gasteiger partial charge in [-0.15, -0.1) is 0 Å². The van der Waals surface area contributed by atoms with Gasteiger partial charge in [-0.1, -0.05) is 6.07 Å². The van der Waals surface area contributed by atoms with Crippen LogP contribution in [0.25, 0.3) is 0 Å². The molecule has 106 valence electrons. The summed E-state index contributed by atoms with van der Waals surface area (Å²) in [6.45, 7) is 3.54. The quantitative estimate of drug-likeness (QED) is 0.398. The lowest BCUT2D eigenvalue weighted by Gasteiger charge is -2.23. The molecule has 0 atom stereocenters. The van der Waals surface area contributed by atoms with Crippen molar-refractivity contribution in [1.29, 1.82) is 0 Å². The first-order valence-electron chi connectivity index (χ1n) is 5.86. The van der Waals surface area contributed by atoms with Gasteiger partial charge in [0.05, 0.1) is 19.1 Å². The highest BCUT2D eigenvalue weighted by Crippen LogP contribution is 2.29. The fourth-order valence-corrected chi connectivity index (χ4v) is 1.45. The highest BCUT2D eigenvalue weighted by atomic mass is 16.5. The summed E-state index contributed by atoms with van der Waals surface area (Å²) in [5.41, 5.74) is 2.08. The molecule has 19 heavy (non-hydrogen) atoms. The Kier molecular flexibility index (Phi) is 5.14. The number of nitrogens with one attached hydrogen (secondary N) is 1. The van der Waals surface area contributed by atoms with E-state index in [1.54, 1.807) is 32.0 Å². The Morgan fingerprint density at radius 3 is 2.63 bits per heavy atom. The smallest absolute Gasteiger partial charge is 0.242 e. The van der Waals surface area contributed by atoms with Crippen molar-refractivity contribution in [3.63, 3.8) is 0 Å². The summed E-state index contributed by atoms with van der Waals surface area (Å²) in [6, 6.07) is 5.11. The minimum Gasteiger partial charge on any atom is -0.493 e. The Labute approximate surface area is 112 Å². The van der Waals surface area contributed by atoms with Gasteiger partial charge in [-0.2, -0.15) is 0 Å². The van der Waals surface area contributed by atoms with E-state index in [1.165, 1.54) is 7.11 Å². The summed E-state index contributed by atoms with van der Waals surface area (Å²) < 4.78 is 10.8. The Morgan fingerprint density at radius 2 is 2.11 bits per heavy atom. The highest BCUT2D eigenvalue weighted by Gasteiger charge is 2.28. The van der Waals surface area contributed by atoms with E-state index in [-0.39, 0.29) is 19.1 Å². The van der Waals surface area contributed by atoms with Crippen molar-refractivity contribution in [3.05, 3.63) is 23.8 Å². The molecule has 6 heteroatoms. The third-order valence-corrected chi connectivity index (χ3v) is 2.74. The first-order chi connectivity index (χ1) is 8.94. The van der Waals surface area contributed by atoms with Crippen LogP contribution in [0, 0.1) is 5.41 Å². The van der Waals surface area contributed by atoms with Crippen LogP contribution < -0.4 is 20.7 Å². The van der Waals surface area contributed by atoms with Crippen LogP contribution in [0.2, 0.25) is 0 Å². The van der Waals surface area contributed by atoms with Crippen molar-refractivity contribution in [2.45, 2.75) is 20.5 Å². The minimum absolute atomic E-state index is 0.0717. The first kappa shape index (κ1) is 15.3. The van der Waals surface area contributed by atoms with Gasteiger partial charge < -0.3 is 14.6 Å². The van der Waals surface area contributed by atoms with E-state index in [1.807, 2.05) is 0 Å². The molecule has 6 nitrogen and oxygen atoms in total. The van der Waals surface area contributed by atoms with Gasteiger partial charge >= 0.3 is 0 Å². The van der Waals surface area contributed by atoms with Gasteiger partial charge in [-0.3, -0.25) is 10.2 Å². The van der Waals surface area contributed by atoms with Crippen LogP contribution in [0.5, 0.6) is 11.5 Å². The molecular formula is C13H20N2O4. The van der Waals surface area contributed by atoms with Gasteiger partial charge in [-0.25, -0.2) is 5.84 Å². The lowest BCUT2D eigenvalue weighted by atomic mass is 9.94. The van der Waals surface area contributed by atoms with E-state index >= 15 is 0 Å². The van der Waals surface area contributed by atoms with Gasteiger partial charge in [0.1, 0.15) is 6.61 Å². The third-order valence-electron chi connectivity index (χ3n) is 2.74. The number of carbonyl (C=O) groups is 1. The van der Waals surface area contributed by atoms with Crippen LogP contribution in [-0.2, 0) is 11.4 Å². The molecule has 1 aromatic rings. The fraction of sp³-hybridized carbons (Fsp3) is 0.462. The number of hydrogen-bond donors (Lipinski definition) is 3. The van der Waals surface area contributed by atoms with Gasteiger partial charge in [0.25, 0.3) is 0 Å². The van der Waals surface area contributed by atoms with E-state index in [0.29, 0.717) is 11.5 Å². The number of aliphatic hydroxyl groups is 1. The molecule has 0 aliphatic rings. The lowest BCUT2D eigenvalue weighted by Crippen LogP contribution is -2.44. The molecule has 0 bridgehead atoms. The van der Waals surface area contributed by atoms with Crippen molar-refractivity contribution in [2.24, 2.45) is 11.3 Å². The van der Waals surface area contributed by atoms with Gasteiger partial charge in [-0.05, 0) is 31.5 Å². The molecule has 0 aliphatic carbocycles. The summed E-state index contributed by atoms with van der Waals surface area (Å²) in [4.78, 5) is 11.5. The minimum atomic E-state index is -0.755. The molecular weight excluding hydrogens is 248 g/mol. The number of nitrogens with two attached hydrogens (primary N) is 1. The Bertz CT molecular complexity index is 446. The zero-order valence-corrected chi connectivity index (χ0v) is 11.4. The molecule has 0 aromatic heterocycles. The Morgan fingerprint density at radius 1 is 1.42 bits per heavy atom. The number of methoxy groups -OCH3 is 1. The summed E-state index contributed by atoms with van der Waals surface area (Å²) in [5, 5.41) is 9.05. The number of benzene rings is 1. The second-order valence-electron chi connectivity index (χ2n) is 4.79. The number of amides is 1. The molecule has 1 amide bonds. The standard InChI is InChI=1S/C13H20N2O4/c1-13(2,12(17)15-14)8-19-10-5-4-9(7-16)6-11(10)18-3/h4-6,16H,7-8,14H2,1-3H3,(H,15,17). The number of carbonyl (C=O) groups excluding carboxylic acids is 1. The zero-order chi connectivity index (χ0) is 14.5. The van der Waals surface area contributed by atoms with Crippen LogP contribution >= 0.6 is 0 Å². The maximum absolute atomic E-state index is 11.5. The highest BCUT2D eigenvalue weighted by molar-refractivity contribution is 5.81. The average Bonchev–Trinajstić information content (AvgIpc) is 2.43. The van der Waals surface area contributed by atoms with Gasteiger partial charge in [0, 0.05) is 0 Å². The van der Waals surface area contributed by atoms with Crippen molar-refractivity contribution in [1.82, 2.24) is 5.43 Å². The number of ether oxygens (including phenoxy) is 2. The van der Waals surface area contributed by atoms with Gasteiger partial charge in [0.15, 0.2) is 11.5 Å². The lowest BCUT2D eigenvalue weighted by molar-refractivity contribution is -0.130. The molecule has 4 N–H and O–H groups in total. The second-order valence-corrected chi connectivity index (χ2v) is 4.79. The molecule has 0 unspecified atom stereocenters. The molecule has 1 aromatic carbocycles. The summed E-state index contributed by atoms with van der Waals surface area (Å²) in [6.07, 6.45) is 0. The maximum Gasteiger partial charge on any atom is 0.242 e. The van der Waals surface area contributed by atoms with E-state index in [0.717, 1.165) is 5.56 Å². The van der Waals surface area contributed by atoms with Crippen molar-refractivity contribution < 1.29 is 19.4 Å². The van der Waals surface area contributed by atoms with Crippen LogP contribution in [0.15, 0.2) is 18.2 Å². The Balaban J connectivity index is 2.80. The third kappa shape index (κ3) is 3.84. The molecule has 0 spiro atoms. The van der Waals surface area contributed by atoms with E-state index in [4.69, 9.17) is 20.4 Å². The van der Waals surface area contributed by atoms with Gasteiger partial charge in [0.2, 0.25) is 5.91 Å². The second kappa shape index (κ2) is 6.40. The summed E-state index contributed by atoms with van der Waals surface area (Å²) in [5.74, 6) is 5.83. The van der Waals surface area contributed by atoms with Crippen molar-refractivity contribution in [3.8, 4) is 11.5 Å².